The fraction of sp³-hybridized carbons (Fsp3) is 0.333. The Labute approximate surface area is 124 Å². The van der Waals surface area contributed by atoms with Crippen molar-refractivity contribution in [2.24, 2.45) is 5.92 Å². The van der Waals surface area contributed by atoms with Crippen LogP contribution in [0.3, 0.4) is 0 Å². The first-order chi connectivity index (χ1) is 10.3. The Morgan fingerprint density at radius 3 is 2.62 bits per heavy atom. The summed E-state index contributed by atoms with van der Waals surface area (Å²) >= 11 is 0. The van der Waals surface area contributed by atoms with Gasteiger partial charge in [0.05, 0.1) is 6.10 Å². The van der Waals surface area contributed by atoms with Crippen LogP contribution in [-0.4, -0.2) is 18.3 Å². The number of hydrogen-bond donors (Lipinski definition) is 1. The summed E-state index contributed by atoms with van der Waals surface area (Å²) in [4.78, 5) is 0. The fourth-order valence-electron chi connectivity index (χ4n) is 3.21. The molecule has 1 aliphatic carbocycles. The van der Waals surface area contributed by atoms with Gasteiger partial charge in [-0.25, -0.2) is 0 Å². The van der Waals surface area contributed by atoms with Crippen LogP contribution in [0.4, 0.5) is 0 Å². The first kappa shape index (κ1) is 12.7. The van der Waals surface area contributed by atoms with Crippen molar-refractivity contribution >= 4 is 0 Å². The highest BCUT2D eigenvalue weighted by atomic mass is 16.6. The van der Waals surface area contributed by atoms with Gasteiger partial charge in [0.2, 0.25) is 0 Å². The van der Waals surface area contributed by atoms with Crippen molar-refractivity contribution in [3.63, 3.8) is 0 Å². The van der Waals surface area contributed by atoms with E-state index in [0.717, 1.165) is 23.5 Å². The van der Waals surface area contributed by atoms with Crippen LogP contribution in [-0.2, 0) is 0 Å². The van der Waals surface area contributed by atoms with E-state index in [-0.39, 0.29) is 5.92 Å². The number of hydrogen-bond acceptors (Lipinski definition) is 3. The molecule has 3 nitrogen and oxygen atoms in total. The molecule has 108 valence electrons. The standard InChI is InChI=1S/C18H18O3/c19-17(15-11-14(15)12-5-2-1-3-6-12)13-7-4-8-16-18(13)21-10-9-20-16/h1-8,14-15,17,19H,9-11H2. The summed E-state index contributed by atoms with van der Waals surface area (Å²) in [5.74, 6) is 2.18. The van der Waals surface area contributed by atoms with Crippen LogP contribution in [0, 0.1) is 5.92 Å². The molecule has 0 aromatic heterocycles. The highest BCUT2D eigenvalue weighted by Gasteiger charge is 2.44. The minimum Gasteiger partial charge on any atom is -0.486 e. The van der Waals surface area contributed by atoms with Gasteiger partial charge in [-0.2, -0.15) is 0 Å². The molecular weight excluding hydrogens is 264 g/mol. The third kappa shape index (κ3) is 2.28. The first-order valence-corrected chi connectivity index (χ1v) is 7.46. The summed E-state index contributed by atoms with van der Waals surface area (Å²) < 4.78 is 11.3. The van der Waals surface area contributed by atoms with Gasteiger partial charge in [-0.05, 0) is 29.9 Å². The summed E-state index contributed by atoms with van der Waals surface area (Å²) in [6.07, 6.45) is 0.530. The molecular formula is C18H18O3. The van der Waals surface area contributed by atoms with Gasteiger partial charge in [0, 0.05) is 5.56 Å². The maximum absolute atomic E-state index is 10.7. The van der Waals surface area contributed by atoms with E-state index in [0.29, 0.717) is 19.1 Å². The average molecular weight is 282 g/mol. The van der Waals surface area contributed by atoms with Crippen LogP contribution in [0.5, 0.6) is 11.5 Å². The Bertz CT molecular complexity index is 638. The van der Waals surface area contributed by atoms with Crippen LogP contribution in [0.2, 0.25) is 0 Å². The average Bonchev–Trinajstić information content (AvgIpc) is 3.35. The molecule has 2 aromatic rings. The number of benzene rings is 2. The highest BCUT2D eigenvalue weighted by Crippen LogP contribution is 2.55. The second-order valence-electron chi connectivity index (χ2n) is 5.73. The maximum Gasteiger partial charge on any atom is 0.167 e. The van der Waals surface area contributed by atoms with E-state index in [1.807, 2.05) is 24.3 Å². The van der Waals surface area contributed by atoms with E-state index in [4.69, 9.17) is 9.47 Å². The van der Waals surface area contributed by atoms with Crippen LogP contribution in [0.25, 0.3) is 0 Å². The van der Waals surface area contributed by atoms with Crippen molar-refractivity contribution in [1.29, 1.82) is 0 Å². The van der Waals surface area contributed by atoms with Gasteiger partial charge in [-0.15, -0.1) is 0 Å². The molecule has 2 aliphatic rings. The first-order valence-electron chi connectivity index (χ1n) is 7.46. The van der Waals surface area contributed by atoms with E-state index in [2.05, 4.69) is 24.3 Å². The molecule has 1 saturated carbocycles. The number of ether oxygens (including phenoxy) is 2. The largest absolute Gasteiger partial charge is 0.486 e. The molecule has 21 heavy (non-hydrogen) atoms. The maximum atomic E-state index is 10.7. The minimum atomic E-state index is -0.494. The summed E-state index contributed by atoms with van der Waals surface area (Å²) in [5.41, 5.74) is 2.17. The fourth-order valence-corrected chi connectivity index (χ4v) is 3.21. The van der Waals surface area contributed by atoms with Crippen LogP contribution in [0.1, 0.15) is 29.6 Å². The molecule has 0 spiro atoms. The minimum absolute atomic E-state index is 0.268. The van der Waals surface area contributed by atoms with E-state index in [9.17, 15) is 5.11 Å². The molecule has 1 heterocycles. The Hall–Kier alpha value is -2.00. The molecule has 0 bridgehead atoms. The summed E-state index contributed by atoms with van der Waals surface area (Å²) in [5, 5.41) is 10.7. The molecule has 2 aromatic carbocycles. The summed E-state index contributed by atoms with van der Waals surface area (Å²) in [6.45, 7) is 1.12. The monoisotopic (exact) mass is 282 g/mol. The van der Waals surface area contributed by atoms with Crippen molar-refractivity contribution in [2.75, 3.05) is 13.2 Å². The SMILES string of the molecule is OC(c1cccc2c1OCCO2)C1CC1c1ccccc1. The van der Waals surface area contributed by atoms with Crippen LogP contribution < -0.4 is 9.47 Å². The predicted molar refractivity (Wildman–Crippen MR) is 79.7 cm³/mol. The lowest BCUT2D eigenvalue weighted by molar-refractivity contribution is 0.131. The van der Waals surface area contributed by atoms with Crippen molar-refractivity contribution < 1.29 is 14.6 Å². The second-order valence-corrected chi connectivity index (χ2v) is 5.73. The quantitative estimate of drug-likeness (QED) is 0.938. The van der Waals surface area contributed by atoms with Gasteiger partial charge in [0.25, 0.3) is 0 Å². The second kappa shape index (κ2) is 5.08. The van der Waals surface area contributed by atoms with Gasteiger partial charge in [-0.1, -0.05) is 42.5 Å². The molecule has 3 unspecified atom stereocenters. The summed E-state index contributed by atoms with van der Waals surface area (Å²) in [7, 11) is 0. The molecule has 3 heteroatoms. The summed E-state index contributed by atoms with van der Waals surface area (Å²) in [6, 6.07) is 16.2. The van der Waals surface area contributed by atoms with Crippen molar-refractivity contribution in [3.05, 3.63) is 59.7 Å². The van der Waals surface area contributed by atoms with Gasteiger partial charge in [0.15, 0.2) is 11.5 Å². The molecule has 0 amide bonds. The Morgan fingerprint density at radius 1 is 0.952 bits per heavy atom. The lowest BCUT2D eigenvalue weighted by Crippen LogP contribution is -2.17. The number of aliphatic hydroxyl groups excluding tert-OH is 1. The predicted octanol–water partition coefficient (Wildman–Crippen LogP) is 3.29. The molecule has 1 N–H and O–H groups in total. The van der Waals surface area contributed by atoms with Crippen molar-refractivity contribution in [1.82, 2.24) is 0 Å². The smallest absolute Gasteiger partial charge is 0.167 e. The molecule has 1 aliphatic heterocycles. The molecule has 3 atom stereocenters. The zero-order chi connectivity index (χ0) is 14.2. The third-order valence-electron chi connectivity index (χ3n) is 4.39. The number of fused-ring (bicyclic) bond motifs is 1. The molecule has 0 saturated heterocycles. The molecule has 0 radical (unpaired) electrons. The van der Waals surface area contributed by atoms with Crippen LogP contribution in [0.15, 0.2) is 48.5 Å². The highest BCUT2D eigenvalue weighted by molar-refractivity contribution is 5.49. The van der Waals surface area contributed by atoms with E-state index in [1.165, 1.54) is 5.56 Å². The zero-order valence-corrected chi connectivity index (χ0v) is 11.7. The molecule has 4 rings (SSSR count). The number of rotatable bonds is 3. The Kier molecular flexibility index (Phi) is 3.08. The molecule has 1 fully saturated rings. The van der Waals surface area contributed by atoms with Gasteiger partial charge in [-0.3, -0.25) is 0 Å². The number of aliphatic hydroxyl groups is 1. The third-order valence-corrected chi connectivity index (χ3v) is 4.39. The van der Waals surface area contributed by atoms with Gasteiger partial charge in [0.1, 0.15) is 13.2 Å². The van der Waals surface area contributed by atoms with Crippen molar-refractivity contribution in [3.8, 4) is 11.5 Å². The van der Waals surface area contributed by atoms with Crippen LogP contribution >= 0.6 is 0 Å². The lowest BCUT2D eigenvalue weighted by atomic mass is 10.00. The van der Waals surface area contributed by atoms with Crippen molar-refractivity contribution in [2.45, 2.75) is 18.4 Å². The van der Waals surface area contributed by atoms with E-state index in [1.54, 1.807) is 0 Å². The Balaban J connectivity index is 1.58. The zero-order valence-electron chi connectivity index (χ0n) is 11.7. The van der Waals surface area contributed by atoms with Gasteiger partial charge < -0.3 is 14.6 Å². The van der Waals surface area contributed by atoms with E-state index < -0.39 is 6.10 Å². The number of para-hydroxylation sites is 1. The normalized spacial score (nSPS) is 24.4. The lowest BCUT2D eigenvalue weighted by Gasteiger charge is -2.23. The Morgan fingerprint density at radius 2 is 1.76 bits per heavy atom. The van der Waals surface area contributed by atoms with E-state index >= 15 is 0 Å². The topological polar surface area (TPSA) is 38.7 Å². The van der Waals surface area contributed by atoms with Gasteiger partial charge >= 0.3 is 0 Å².